The Morgan fingerprint density at radius 2 is 2.38 bits per heavy atom. The molecule has 2 rings (SSSR count). The predicted molar refractivity (Wildman–Crippen MR) is 68.1 cm³/mol. The minimum Gasteiger partial charge on any atom is -0.383 e. The molecule has 16 heavy (non-hydrogen) atoms. The minimum atomic E-state index is 0.349. The molecular formula is C11H19N3OS. The van der Waals surface area contributed by atoms with Crippen molar-refractivity contribution in [2.75, 3.05) is 24.8 Å². The van der Waals surface area contributed by atoms with E-state index in [9.17, 15) is 0 Å². The van der Waals surface area contributed by atoms with E-state index in [-0.39, 0.29) is 0 Å². The Hall–Kier alpha value is -0.810. The second-order valence-electron chi connectivity index (χ2n) is 4.29. The highest BCUT2D eigenvalue weighted by molar-refractivity contribution is 7.10. The van der Waals surface area contributed by atoms with Gasteiger partial charge >= 0.3 is 0 Å². The van der Waals surface area contributed by atoms with Gasteiger partial charge in [-0.2, -0.15) is 4.37 Å². The van der Waals surface area contributed by atoms with Crippen molar-refractivity contribution in [3.63, 3.8) is 0 Å². The Morgan fingerprint density at radius 3 is 2.94 bits per heavy atom. The van der Waals surface area contributed by atoms with E-state index in [4.69, 9.17) is 10.5 Å². The summed E-state index contributed by atoms with van der Waals surface area (Å²) in [5, 5.41) is 4.63. The fourth-order valence-corrected chi connectivity index (χ4v) is 2.71. The van der Waals surface area contributed by atoms with E-state index >= 15 is 0 Å². The molecule has 1 fully saturated rings. The summed E-state index contributed by atoms with van der Waals surface area (Å²) in [4.78, 5) is 0. The minimum absolute atomic E-state index is 0.349. The number of nitrogen functional groups attached to an aromatic ring is 1. The maximum Gasteiger partial charge on any atom is 0.142 e. The van der Waals surface area contributed by atoms with Crippen LogP contribution in [0.5, 0.6) is 0 Å². The summed E-state index contributed by atoms with van der Waals surface area (Å²) in [6.07, 6.45) is 3.53. The average molecular weight is 241 g/mol. The van der Waals surface area contributed by atoms with Crippen LogP contribution in [0.2, 0.25) is 0 Å². The summed E-state index contributed by atoms with van der Waals surface area (Å²) in [6, 6.07) is 0.349. The zero-order valence-electron chi connectivity index (χ0n) is 9.82. The van der Waals surface area contributed by atoms with Gasteiger partial charge in [-0.05, 0) is 36.7 Å². The number of aromatic nitrogens is 1. The first-order chi connectivity index (χ1) is 7.76. The number of methoxy groups -OCH3 is 1. The van der Waals surface area contributed by atoms with Crippen LogP contribution in [-0.2, 0) is 4.74 Å². The number of nitrogens with one attached hydrogen (secondary N) is 1. The first-order valence-corrected chi connectivity index (χ1v) is 6.54. The van der Waals surface area contributed by atoms with Gasteiger partial charge in [-0.1, -0.05) is 6.92 Å². The highest BCUT2D eigenvalue weighted by atomic mass is 32.1. The quantitative estimate of drug-likeness (QED) is 0.803. The van der Waals surface area contributed by atoms with Crippen molar-refractivity contribution in [3.05, 3.63) is 5.56 Å². The molecule has 1 atom stereocenters. The molecule has 1 aliphatic rings. The molecule has 1 saturated carbocycles. The number of rotatable bonds is 6. The number of hydrogen-bond donors (Lipinski definition) is 2. The molecule has 3 N–H and O–H groups in total. The number of hydrogen-bond acceptors (Lipinski definition) is 5. The van der Waals surface area contributed by atoms with Crippen LogP contribution < -0.4 is 11.1 Å². The second-order valence-corrected chi connectivity index (χ2v) is 5.06. The molecule has 0 radical (unpaired) electrons. The lowest BCUT2D eigenvalue weighted by Gasteiger charge is -2.16. The molecule has 0 bridgehead atoms. The van der Waals surface area contributed by atoms with Crippen molar-refractivity contribution in [2.45, 2.75) is 38.1 Å². The van der Waals surface area contributed by atoms with Gasteiger partial charge in [0.05, 0.1) is 12.6 Å². The lowest BCUT2D eigenvalue weighted by Crippen LogP contribution is -2.23. The maximum absolute atomic E-state index is 5.90. The second kappa shape index (κ2) is 5.01. The number of anilines is 2. The number of nitrogens with two attached hydrogens (primary N) is 1. The Morgan fingerprint density at radius 1 is 1.62 bits per heavy atom. The molecule has 1 heterocycles. The van der Waals surface area contributed by atoms with E-state index in [1.54, 1.807) is 7.11 Å². The molecule has 1 aromatic heterocycles. The SMILES string of the molecule is CCC(COC)Nc1snc(N)c1C1CC1. The Kier molecular flexibility index (Phi) is 3.66. The Labute approximate surface area is 100 Å². The normalized spacial score (nSPS) is 17.4. The van der Waals surface area contributed by atoms with Crippen LogP contribution in [0.15, 0.2) is 0 Å². The lowest BCUT2D eigenvalue weighted by molar-refractivity contribution is 0.184. The van der Waals surface area contributed by atoms with Crippen LogP contribution in [-0.4, -0.2) is 24.1 Å². The molecule has 1 aromatic rings. The molecule has 1 aliphatic carbocycles. The van der Waals surface area contributed by atoms with Crippen molar-refractivity contribution in [1.29, 1.82) is 0 Å². The van der Waals surface area contributed by atoms with Crippen LogP contribution >= 0.6 is 11.5 Å². The molecule has 0 spiro atoms. The number of nitrogens with zero attached hydrogens (tertiary/aromatic N) is 1. The first kappa shape index (κ1) is 11.7. The summed E-state index contributed by atoms with van der Waals surface area (Å²) in [5.41, 5.74) is 7.14. The Balaban J connectivity index is 2.07. The molecular weight excluding hydrogens is 222 g/mol. The van der Waals surface area contributed by atoms with Crippen molar-refractivity contribution in [3.8, 4) is 0 Å². The third-order valence-electron chi connectivity index (χ3n) is 2.94. The van der Waals surface area contributed by atoms with Gasteiger partial charge in [-0.25, -0.2) is 0 Å². The van der Waals surface area contributed by atoms with Crippen molar-refractivity contribution >= 4 is 22.4 Å². The summed E-state index contributed by atoms with van der Waals surface area (Å²) in [6.45, 7) is 2.87. The highest BCUT2D eigenvalue weighted by Gasteiger charge is 2.30. The van der Waals surface area contributed by atoms with Gasteiger partial charge in [0.2, 0.25) is 0 Å². The summed E-state index contributed by atoms with van der Waals surface area (Å²) in [5.74, 6) is 1.35. The summed E-state index contributed by atoms with van der Waals surface area (Å²) >= 11 is 1.47. The van der Waals surface area contributed by atoms with Crippen molar-refractivity contribution in [2.24, 2.45) is 0 Å². The molecule has 4 nitrogen and oxygen atoms in total. The van der Waals surface area contributed by atoms with E-state index in [0.29, 0.717) is 17.8 Å². The lowest BCUT2D eigenvalue weighted by atomic mass is 10.2. The van der Waals surface area contributed by atoms with E-state index < -0.39 is 0 Å². The van der Waals surface area contributed by atoms with Gasteiger partial charge in [-0.3, -0.25) is 0 Å². The van der Waals surface area contributed by atoms with E-state index in [1.807, 2.05) is 0 Å². The van der Waals surface area contributed by atoms with Crippen LogP contribution in [0, 0.1) is 0 Å². The topological polar surface area (TPSA) is 60.2 Å². The average Bonchev–Trinajstić information content (AvgIpc) is 3.04. The van der Waals surface area contributed by atoms with Crippen molar-refractivity contribution < 1.29 is 4.74 Å². The molecule has 90 valence electrons. The zero-order chi connectivity index (χ0) is 11.5. The molecule has 5 heteroatoms. The van der Waals surface area contributed by atoms with Crippen LogP contribution in [0.25, 0.3) is 0 Å². The standard InChI is InChI=1S/C11H19N3OS/c1-3-8(6-15-2)13-11-9(7-4-5-7)10(12)14-16-11/h7-8,13H,3-6H2,1-2H3,(H2,12,14). The van der Waals surface area contributed by atoms with Crippen molar-refractivity contribution in [1.82, 2.24) is 4.37 Å². The first-order valence-electron chi connectivity index (χ1n) is 5.76. The number of ether oxygens (including phenoxy) is 1. The molecule has 0 aromatic carbocycles. The largest absolute Gasteiger partial charge is 0.383 e. The summed E-state index contributed by atoms with van der Waals surface area (Å²) < 4.78 is 9.42. The zero-order valence-corrected chi connectivity index (χ0v) is 10.6. The third kappa shape index (κ3) is 2.47. The van der Waals surface area contributed by atoms with Gasteiger partial charge in [0.15, 0.2) is 0 Å². The van der Waals surface area contributed by atoms with Gasteiger partial charge in [0.1, 0.15) is 10.8 Å². The van der Waals surface area contributed by atoms with Gasteiger partial charge in [0.25, 0.3) is 0 Å². The predicted octanol–water partition coefficient (Wildman–Crippen LogP) is 2.44. The smallest absolute Gasteiger partial charge is 0.142 e. The summed E-state index contributed by atoms with van der Waals surface area (Å²) in [7, 11) is 1.73. The van der Waals surface area contributed by atoms with Gasteiger partial charge < -0.3 is 15.8 Å². The van der Waals surface area contributed by atoms with E-state index in [0.717, 1.165) is 18.0 Å². The van der Waals surface area contributed by atoms with Crippen LogP contribution in [0.4, 0.5) is 10.8 Å². The fourth-order valence-electron chi connectivity index (χ4n) is 1.83. The monoisotopic (exact) mass is 241 g/mol. The maximum atomic E-state index is 5.90. The van der Waals surface area contributed by atoms with Crippen LogP contribution in [0.1, 0.15) is 37.7 Å². The van der Waals surface area contributed by atoms with Gasteiger partial charge in [0, 0.05) is 12.7 Å². The van der Waals surface area contributed by atoms with Crippen LogP contribution in [0.3, 0.4) is 0 Å². The molecule has 0 saturated heterocycles. The molecule has 0 amide bonds. The third-order valence-corrected chi connectivity index (χ3v) is 3.75. The molecule has 0 aliphatic heterocycles. The van der Waals surface area contributed by atoms with Gasteiger partial charge in [-0.15, -0.1) is 0 Å². The van der Waals surface area contributed by atoms with E-state index in [1.165, 1.54) is 29.9 Å². The Bertz CT molecular complexity index is 349. The fraction of sp³-hybridized carbons (Fsp3) is 0.727. The van der Waals surface area contributed by atoms with E-state index in [2.05, 4.69) is 16.6 Å². The molecule has 1 unspecified atom stereocenters. The highest BCUT2D eigenvalue weighted by Crippen LogP contribution is 2.47.